The molecule has 0 fully saturated rings. The summed E-state index contributed by atoms with van der Waals surface area (Å²) in [5, 5.41) is 2.94. The highest BCUT2D eigenvalue weighted by atomic mass is 16.1. The minimum atomic E-state index is 0.0682. The molecule has 0 heterocycles. The molecular formula is C13H20N2O. The van der Waals surface area contributed by atoms with Gasteiger partial charge in [-0.1, -0.05) is 19.4 Å². The lowest BCUT2D eigenvalue weighted by Gasteiger charge is -2.13. The van der Waals surface area contributed by atoms with Crippen molar-refractivity contribution in [2.45, 2.75) is 40.0 Å². The standard InChI is InChI=1S/C13H20N2O/c1-4-5-6-12(16)15-13-9(2)7-8-11(14)10(13)3/h7-8H,4-6,14H2,1-3H3,(H,15,16). The number of carbonyl (C=O) groups is 1. The smallest absolute Gasteiger partial charge is 0.224 e. The van der Waals surface area contributed by atoms with E-state index < -0.39 is 0 Å². The molecule has 0 saturated heterocycles. The molecule has 0 aliphatic heterocycles. The van der Waals surface area contributed by atoms with Gasteiger partial charge in [-0.05, 0) is 37.5 Å². The van der Waals surface area contributed by atoms with E-state index in [4.69, 9.17) is 5.73 Å². The molecule has 1 aromatic carbocycles. The predicted molar refractivity (Wildman–Crippen MR) is 68.5 cm³/mol. The lowest BCUT2D eigenvalue weighted by molar-refractivity contribution is -0.116. The molecule has 0 aromatic heterocycles. The average Bonchev–Trinajstić information content (AvgIpc) is 2.27. The van der Waals surface area contributed by atoms with Gasteiger partial charge in [-0.3, -0.25) is 4.79 Å². The van der Waals surface area contributed by atoms with Crippen LogP contribution < -0.4 is 11.1 Å². The number of carbonyl (C=O) groups excluding carboxylic acids is 1. The van der Waals surface area contributed by atoms with Crippen molar-refractivity contribution in [2.24, 2.45) is 0 Å². The summed E-state index contributed by atoms with van der Waals surface area (Å²) in [4.78, 5) is 11.6. The highest BCUT2D eigenvalue weighted by Gasteiger charge is 2.08. The predicted octanol–water partition coefficient (Wildman–Crippen LogP) is 3.01. The average molecular weight is 220 g/mol. The number of nitrogens with two attached hydrogens (primary N) is 1. The molecule has 1 rings (SSSR count). The van der Waals surface area contributed by atoms with E-state index in [0.29, 0.717) is 6.42 Å². The Balaban J connectivity index is 2.80. The summed E-state index contributed by atoms with van der Waals surface area (Å²) in [7, 11) is 0. The number of unbranched alkanes of at least 4 members (excludes halogenated alkanes) is 1. The molecule has 0 atom stereocenters. The first-order valence-electron chi connectivity index (χ1n) is 5.71. The van der Waals surface area contributed by atoms with Crippen molar-refractivity contribution in [3.63, 3.8) is 0 Å². The van der Waals surface area contributed by atoms with Gasteiger partial charge in [0.2, 0.25) is 5.91 Å². The van der Waals surface area contributed by atoms with Crippen molar-refractivity contribution in [2.75, 3.05) is 11.1 Å². The highest BCUT2D eigenvalue weighted by molar-refractivity contribution is 5.93. The van der Waals surface area contributed by atoms with Crippen LogP contribution in [0.25, 0.3) is 0 Å². The minimum Gasteiger partial charge on any atom is -0.398 e. The van der Waals surface area contributed by atoms with Gasteiger partial charge in [-0.25, -0.2) is 0 Å². The Labute approximate surface area is 97.0 Å². The number of amides is 1. The molecule has 1 aromatic rings. The van der Waals surface area contributed by atoms with Gasteiger partial charge in [0.1, 0.15) is 0 Å². The second-order valence-corrected chi connectivity index (χ2v) is 4.12. The Morgan fingerprint density at radius 2 is 2.06 bits per heavy atom. The molecule has 0 bridgehead atoms. The molecule has 88 valence electrons. The van der Waals surface area contributed by atoms with Crippen molar-refractivity contribution < 1.29 is 4.79 Å². The fourth-order valence-electron chi connectivity index (χ4n) is 1.59. The number of hydrogen-bond donors (Lipinski definition) is 2. The van der Waals surface area contributed by atoms with E-state index in [2.05, 4.69) is 12.2 Å². The lowest BCUT2D eigenvalue weighted by atomic mass is 10.1. The number of anilines is 2. The molecule has 1 amide bonds. The number of nitrogen functional groups attached to an aromatic ring is 1. The zero-order chi connectivity index (χ0) is 12.1. The van der Waals surface area contributed by atoms with E-state index in [1.54, 1.807) is 0 Å². The van der Waals surface area contributed by atoms with Crippen LogP contribution in [0.4, 0.5) is 11.4 Å². The number of benzene rings is 1. The van der Waals surface area contributed by atoms with Crippen LogP contribution >= 0.6 is 0 Å². The quantitative estimate of drug-likeness (QED) is 0.766. The van der Waals surface area contributed by atoms with E-state index in [0.717, 1.165) is 35.3 Å². The van der Waals surface area contributed by atoms with Crippen LogP contribution in [-0.2, 0) is 4.79 Å². The van der Waals surface area contributed by atoms with E-state index in [9.17, 15) is 4.79 Å². The second-order valence-electron chi connectivity index (χ2n) is 4.12. The molecule has 0 aliphatic carbocycles. The van der Waals surface area contributed by atoms with Gasteiger partial charge >= 0.3 is 0 Å². The number of nitrogens with one attached hydrogen (secondary N) is 1. The zero-order valence-electron chi connectivity index (χ0n) is 10.3. The summed E-state index contributed by atoms with van der Waals surface area (Å²) in [6, 6.07) is 3.80. The van der Waals surface area contributed by atoms with Crippen LogP contribution in [-0.4, -0.2) is 5.91 Å². The normalized spacial score (nSPS) is 10.2. The lowest BCUT2D eigenvalue weighted by Crippen LogP contribution is -2.13. The summed E-state index contributed by atoms with van der Waals surface area (Å²) < 4.78 is 0. The summed E-state index contributed by atoms with van der Waals surface area (Å²) in [5.41, 5.74) is 9.40. The van der Waals surface area contributed by atoms with E-state index >= 15 is 0 Å². The molecule has 16 heavy (non-hydrogen) atoms. The summed E-state index contributed by atoms with van der Waals surface area (Å²) in [6.07, 6.45) is 2.53. The van der Waals surface area contributed by atoms with E-state index in [-0.39, 0.29) is 5.91 Å². The van der Waals surface area contributed by atoms with Gasteiger partial charge in [0.15, 0.2) is 0 Å². The Morgan fingerprint density at radius 1 is 1.38 bits per heavy atom. The molecule has 0 unspecified atom stereocenters. The van der Waals surface area contributed by atoms with Crippen molar-refractivity contribution in [3.8, 4) is 0 Å². The first-order chi connectivity index (χ1) is 7.56. The van der Waals surface area contributed by atoms with Gasteiger partial charge in [0, 0.05) is 17.8 Å². The number of aryl methyl sites for hydroxylation is 1. The topological polar surface area (TPSA) is 55.1 Å². The zero-order valence-corrected chi connectivity index (χ0v) is 10.3. The first-order valence-corrected chi connectivity index (χ1v) is 5.71. The summed E-state index contributed by atoms with van der Waals surface area (Å²) >= 11 is 0. The van der Waals surface area contributed by atoms with E-state index in [1.807, 2.05) is 26.0 Å². The van der Waals surface area contributed by atoms with Gasteiger partial charge < -0.3 is 11.1 Å². The summed E-state index contributed by atoms with van der Waals surface area (Å²) in [5.74, 6) is 0.0682. The number of rotatable bonds is 4. The third-order valence-corrected chi connectivity index (χ3v) is 2.74. The monoisotopic (exact) mass is 220 g/mol. The van der Waals surface area contributed by atoms with Gasteiger partial charge in [0.25, 0.3) is 0 Å². The van der Waals surface area contributed by atoms with Crippen molar-refractivity contribution in [1.29, 1.82) is 0 Å². The Bertz CT molecular complexity index is 386. The molecule has 0 radical (unpaired) electrons. The van der Waals surface area contributed by atoms with Crippen molar-refractivity contribution >= 4 is 17.3 Å². The summed E-state index contributed by atoms with van der Waals surface area (Å²) in [6.45, 7) is 5.98. The SMILES string of the molecule is CCCCC(=O)Nc1c(C)ccc(N)c1C. The molecule has 0 spiro atoms. The van der Waals surface area contributed by atoms with E-state index in [1.165, 1.54) is 0 Å². The molecule has 0 saturated carbocycles. The van der Waals surface area contributed by atoms with Crippen LogP contribution in [0.1, 0.15) is 37.3 Å². The first kappa shape index (κ1) is 12.6. The largest absolute Gasteiger partial charge is 0.398 e. The molecule has 3 N–H and O–H groups in total. The highest BCUT2D eigenvalue weighted by Crippen LogP contribution is 2.25. The molecule has 3 nitrogen and oxygen atoms in total. The van der Waals surface area contributed by atoms with Gasteiger partial charge in [-0.15, -0.1) is 0 Å². The van der Waals surface area contributed by atoms with Crippen molar-refractivity contribution in [3.05, 3.63) is 23.3 Å². The second kappa shape index (κ2) is 5.54. The maximum atomic E-state index is 11.6. The van der Waals surface area contributed by atoms with Crippen LogP contribution in [0.5, 0.6) is 0 Å². The minimum absolute atomic E-state index is 0.0682. The van der Waals surface area contributed by atoms with Crippen LogP contribution in [0, 0.1) is 13.8 Å². The fourth-order valence-corrected chi connectivity index (χ4v) is 1.59. The number of hydrogen-bond acceptors (Lipinski definition) is 2. The van der Waals surface area contributed by atoms with Crippen molar-refractivity contribution in [1.82, 2.24) is 0 Å². The Morgan fingerprint density at radius 3 is 2.69 bits per heavy atom. The van der Waals surface area contributed by atoms with Gasteiger partial charge in [0.05, 0.1) is 0 Å². The molecular weight excluding hydrogens is 200 g/mol. The third kappa shape index (κ3) is 2.99. The maximum Gasteiger partial charge on any atom is 0.224 e. The van der Waals surface area contributed by atoms with Crippen LogP contribution in [0.2, 0.25) is 0 Å². The van der Waals surface area contributed by atoms with Gasteiger partial charge in [-0.2, -0.15) is 0 Å². The molecule has 3 heteroatoms. The fraction of sp³-hybridized carbons (Fsp3) is 0.462. The Kier molecular flexibility index (Phi) is 4.35. The molecule has 0 aliphatic rings. The third-order valence-electron chi connectivity index (χ3n) is 2.74. The van der Waals surface area contributed by atoms with Crippen LogP contribution in [0.3, 0.4) is 0 Å². The van der Waals surface area contributed by atoms with Crippen LogP contribution in [0.15, 0.2) is 12.1 Å². The maximum absolute atomic E-state index is 11.6. The Hall–Kier alpha value is -1.51.